The molecule has 2 aromatic rings. The first kappa shape index (κ1) is 17.0. The summed E-state index contributed by atoms with van der Waals surface area (Å²) in [6, 6.07) is 3.70. The molecule has 3 rings (SSSR count). The summed E-state index contributed by atoms with van der Waals surface area (Å²) >= 11 is 0. The maximum Gasteiger partial charge on any atom is 0.152 e. The number of hydrogen-bond acceptors (Lipinski definition) is 5. The van der Waals surface area contributed by atoms with Crippen LogP contribution in [-0.4, -0.2) is 60.0 Å². The van der Waals surface area contributed by atoms with Gasteiger partial charge in [0, 0.05) is 49.5 Å². The van der Waals surface area contributed by atoms with Crippen LogP contribution in [0.3, 0.4) is 0 Å². The lowest BCUT2D eigenvalue weighted by molar-refractivity contribution is -0.0163. The molecule has 2 N–H and O–H groups in total. The Balaban J connectivity index is 1.72. The van der Waals surface area contributed by atoms with Crippen LogP contribution in [-0.2, 0) is 4.74 Å². The number of anilines is 1. The van der Waals surface area contributed by atoms with Gasteiger partial charge in [0.2, 0.25) is 0 Å². The number of β-amino-alcohol motifs (C(OH)–C–C–N with tert-alkyl or cyclic N) is 1. The molecular weight excluding hydrogens is 316 g/mol. The molecular formula is C17H21F2N3O2. The number of benzene rings is 1. The van der Waals surface area contributed by atoms with Gasteiger partial charge in [0.15, 0.2) is 5.82 Å². The van der Waals surface area contributed by atoms with Gasteiger partial charge in [0.25, 0.3) is 0 Å². The van der Waals surface area contributed by atoms with Gasteiger partial charge in [-0.1, -0.05) is 0 Å². The molecule has 1 aliphatic heterocycles. The molecule has 130 valence electrons. The van der Waals surface area contributed by atoms with Crippen molar-refractivity contribution in [1.29, 1.82) is 0 Å². The van der Waals surface area contributed by atoms with Crippen molar-refractivity contribution >= 4 is 16.6 Å². The smallest absolute Gasteiger partial charge is 0.152 e. The van der Waals surface area contributed by atoms with E-state index in [0.29, 0.717) is 30.8 Å². The minimum Gasteiger partial charge on any atom is -0.387 e. The number of aliphatic hydroxyl groups is 1. The molecule has 0 saturated carbocycles. The lowest BCUT2D eigenvalue weighted by Gasteiger charge is -2.34. The normalized spacial score (nSPS) is 18.5. The summed E-state index contributed by atoms with van der Waals surface area (Å²) in [5.74, 6) is -1.36. The average molecular weight is 337 g/mol. The van der Waals surface area contributed by atoms with Gasteiger partial charge in [-0.3, -0.25) is 9.88 Å². The number of fused-ring (bicyclic) bond motifs is 1. The summed E-state index contributed by atoms with van der Waals surface area (Å²) in [7, 11) is 0. The van der Waals surface area contributed by atoms with Gasteiger partial charge >= 0.3 is 0 Å². The van der Waals surface area contributed by atoms with Crippen molar-refractivity contribution < 1.29 is 18.6 Å². The van der Waals surface area contributed by atoms with Crippen molar-refractivity contribution in [3.63, 3.8) is 0 Å². The number of pyridine rings is 1. The first-order valence-electron chi connectivity index (χ1n) is 7.95. The number of halogens is 2. The number of nitrogens with zero attached hydrogens (tertiary/aromatic N) is 2. The van der Waals surface area contributed by atoms with E-state index in [1.807, 2.05) is 0 Å². The molecule has 1 saturated heterocycles. The zero-order valence-electron chi connectivity index (χ0n) is 13.6. The van der Waals surface area contributed by atoms with E-state index in [4.69, 9.17) is 4.74 Å². The van der Waals surface area contributed by atoms with Gasteiger partial charge < -0.3 is 15.2 Å². The molecule has 1 aromatic heterocycles. The van der Waals surface area contributed by atoms with Crippen LogP contribution < -0.4 is 5.32 Å². The number of rotatable bonds is 5. The Morgan fingerprint density at radius 2 is 2.08 bits per heavy atom. The molecule has 2 heterocycles. The lowest BCUT2D eigenvalue weighted by atomic mass is 10.1. The van der Waals surface area contributed by atoms with E-state index < -0.39 is 17.2 Å². The summed E-state index contributed by atoms with van der Waals surface area (Å²) < 4.78 is 32.6. The maximum absolute atomic E-state index is 13.8. The molecule has 0 aliphatic carbocycles. The minimum atomic E-state index is -0.987. The van der Waals surface area contributed by atoms with Gasteiger partial charge in [0.1, 0.15) is 11.3 Å². The Bertz CT molecular complexity index is 718. The number of morpholine rings is 1. The van der Waals surface area contributed by atoms with E-state index in [1.54, 1.807) is 13.0 Å². The third kappa shape index (κ3) is 3.98. The monoisotopic (exact) mass is 337 g/mol. The standard InChI is InChI=1S/C17H21F2N3O2/c1-17(23,11-22-4-6-24-7-5-22)10-21-15-2-3-20-16-13(15)8-12(18)9-14(16)19/h2-3,8-9,23H,4-7,10-11H2,1H3,(H,20,21)/t17-/m1/s1. The number of hydrogen-bond donors (Lipinski definition) is 2. The van der Waals surface area contributed by atoms with Crippen molar-refractivity contribution in [1.82, 2.24) is 9.88 Å². The highest BCUT2D eigenvalue weighted by Crippen LogP contribution is 2.25. The summed E-state index contributed by atoms with van der Waals surface area (Å²) in [5.41, 5.74) is -0.339. The molecule has 5 nitrogen and oxygen atoms in total. The Morgan fingerprint density at radius 1 is 1.33 bits per heavy atom. The van der Waals surface area contributed by atoms with Crippen LogP contribution in [0.15, 0.2) is 24.4 Å². The quantitative estimate of drug-likeness (QED) is 0.874. The molecule has 1 aromatic carbocycles. The third-order valence-corrected chi connectivity index (χ3v) is 4.09. The van der Waals surface area contributed by atoms with Crippen LogP contribution in [0, 0.1) is 11.6 Å². The molecule has 7 heteroatoms. The van der Waals surface area contributed by atoms with E-state index in [9.17, 15) is 13.9 Å². The second-order valence-corrected chi connectivity index (χ2v) is 6.38. The first-order valence-corrected chi connectivity index (χ1v) is 7.95. The lowest BCUT2D eigenvalue weighted by Crippen LogP contribution is -2.49. The van der Waals surface area contributed by atoms with E-state index in [-0.39, 0.29) is 12.1 Å². The second kappa shape index (κ2) is 6.96. The Labute approximate surface area is 139 Å². The van der Waals surface area contributed by atoms with Crippen molar-refractivity contribution in [3.8, 4) is 0 Å². The highest BCUT2D eigenvalue weighted by molar-refractivity contribution is 5.91. The summed E-state index contributed by atoms with van der Waals surface area (Å²) in [6.45, 7) is 5.38. The Hall–Kier alpha value is -1.83. The molecule has 0 unspecified atom stereocenters. The zero-order valence-corrected chi connectivity index (χ0v) is 13.6. The molecule has 1 aliphatic rings. The summed E-state index contributed by atoms with van der Waals surface area (Å²) in [6.07, 6.45) is 1.46. The van der Waals surface area contributed by atoms with Crippen molar-refractivity contribution in [3.05, 3.63) is 36.0 Å². The van der Waals surface area contributed by atoms with Gasteiger partial charge in [-0.15, -0.1) is 0 Å². The predicted molar refractivity (Wildman–Crippen MR) is 88.0 cm³/mol. The molecule has 1 atom stereocenters. The molecule has 0 spiro atoms. The van der Waals surface area contributed by atoms with Crippen LogP contribution in [0.25, 0.3) is 10.9 Å². The fourth-order valence-electron chi connectivity index (χ4n) is 2.92. The van der Waals surface area contributed by atoms with Crippen molar-refractivity contribution in [2.24, 2.45) is 0 Å². The molecule has 0 bridgehead atoms. The predicted octanol–water partition coefficient (Wildman–Crippen LogP) is 2.01. The fourth-order valence-corrected chi connectivity index (χ4v) is 2.92. The van der Waals surface area contributed by atoms with E-state index in [1.165, 1.54) is 12.3 Å². The first-order chi connectivity index (χ1) is 11.4. The number of aromatic nitrogens is 1. The highest BCUT2D eigenvalue weighted by Gasteiger charge is 2.25. The Morgan fingerprint density at radius 3 is 2.83 bits per heavy atom. The molecule has 24 heavy (non-hydrogen) atoms. The van der Waals surface area contributed by atoms with Crippen LogP contribution in [0.5, 0.6) is 0 Å². The molecule has 1 fully saturated rings. The van der Waals surface area contributed by atoms with E-state index in [0.717, 1.165) is 19.2 Å². The van der Waals surface area contributed by atoms with Crippen LogP contribution in [0.1, 0.15) is 6.92 Å². The average Bonchev–Trinajstić information content (AvgIpc) is 2.53. The summed E-state index contributed by atoms with van der Waals surface area (Å²) in [4.78, 5) is 6.09. The fraction of sp³-hybridized carbons (Fsp3) is 0.471. The van der Waals surface area contributed by atoms with Crippen LogP contribution in [0.4, 0.5) is 14.5 Å². The molecule has 0 amide bonds. The van der Waals surface area contributed by atoms with Crippen molar-refractivity contribution in [2.45, 2.75) is 12.5 Å². The van der Waals surface area contributed by atoms with Crippen LogP contribution in [0.2, 0.25) is 0 Å². The number of nitrogens with one attached hydrogen (secondary N) is 1. The molecule has 0 radical (unpaired) electrons. The topological polar surface area (TPSA) is 57.6 Å². The van der Waals surface area contributed by atoms with Crippen molar-refractivity contribution in [2.75, 3.05) is 44.7 Å². The second-order valence-electron chi connectivity index (χ2n) is 6.38. The van der Waals surface area contributed by atoms with E-state index in [2.05, 4.69) is 15.2 Å². The van der Waals surface area contributed by atoms with Crippen LogP contribution >= 0.6 is 0 Å². The van der Waals surface area contributed by atoms with Gasteiger partial charge in [-0.25, -0.2) is 8.78 Å². The third-order valence-electron chi connectivity index (χ3n) is 4.09. The zero-order chi connectivity index (χ0) is 17.2. The SMILES string of the molecule is C[C@@](O)(CNc1ccnc2c(F)cc(F)cc12)CN1CCOCC1. The Kier molecular flexibility index (Phi) is 4.93. The minimum absolute atomic E-state index is 0.106. The number of ether oxygens (including phenoxy) is 1. The van der Waals surface area contributed by atoms with Gasteiger partial charge in [0.05, 0.1) is 18.8 Å². The highest BCUT2D eigenvalue weighted by atomic mass is 19.1. The largest absolute Gasteiger partial charge is 0.387 e. The summed E-state index contributed by atoms with van der Waals surface area (Å²) in [5, 5.41) is 14.0. The van der Waals surface area contributed by atoms with Gasteiger partial charge in [-0.05, 0) is 19.1 Å². The maximum atomic E-state index is 13.8. The van der Waals surface area contributed by atoms with Gasteiger partial charge in [-0.2, -0.15) is 0 Å². The van der Waals surface area contributed by atoms with E-state index >= 15 is 0 Å².